The minimum atomic E-state index is -3.56. The maximum Gasteiger partial charge on any atom is 0.182 e. The van der Waals surface area contributed by atoms with Crippen LogP contribution in [0.25, 0.3) is 11.1 Å². The molecule has 0 heterocycles. The molecule has 3 nitrogen and oxygen atoms in total. The maximum absolute atomic E-state index is 14.0. The molecule has 0 aromatic heterocycles. The van der Waals surface area contributed by atoms with Gasteiger partial charge in [-0.2, -0.15) is 0 Å². The lowest BCUT2D eigenvalue weighted by atomic mass is 10.0. The van der Waals surface area contributed by atoms with Crippen LogP contribution < -0.4 is 5.32 Å². The van der Waals surface area contributed by atoms with Gasteiger partial charge in [-0.3, -0.25) is 0 Å². The fourth-order valence-electron chi connectivity index (χ4n) is 3.37. The average molecular weight is 416 g/mol. The van der Waals surface area contributed by atoms with Gasteiger partial charge in [0, 0.05) is 17.7 Å². The molecule has 0 aliphatic heterocycles. The maximum atomic E-state index is 14.0. The molecule has 0 amide bonds. The third-order valence-corrected chi connectivity index (χ3v) is 6.63. The first-order valence-corrected chi connectivity index (χ1v) is 11.0. The number of hydrogen-bond donors (Lipinski definition) is 1. The summed E-state index contributed by atoms with van der Waals surface area (Å²) in [6, 6.07) is 17.0. The Morgan fingerprint density at radius 3 is 2.31 bits per heavy atom. The summed E-state index contributed by atoms with van der Waals surface area (Å²) in [6.45, 7) is 2.07. The molecule has 3 aromatic carbocycles. The Hall–Kier alpha value is -2.57. The molecule has 0 aliphatic carbocycles. The Kier molecular flexibility index (Phi) is 6.45. The van der Waals surface area contributed by atoms with E-state index in [1.807, 2.05) is 25.2 Å². The summed E-state index contributed by atoms with van der Waals surface area (Å²) >= 11 is 0. The van der Waals surface area contributed by atoms with E-state index in [0.29, 0.717) is 11.1 Å². The van der Waals surface area contributed by atoms with Crippen molar-refractivity contribution in [2.75, 3.05) is 7.05 Å². The number of nitrogens with one attached hydrogen (secondary N) is 1. The molecule has 0 aliphatic rings. The number of benzene rings is 3. The van der Waals surface area contributed by atoms with Gasteiger partial charge in [-0.15, -0.1) is 0 Å². The molecule has 0 fully saturated rings. The molecule has 3 aromatic rings. The summed E-state index contributed by atoms with van der Waals surface area (Å²) in [5, 5.41) is 3.22. The van der Waals surface area contributed by atoms with Crippen molar-refractivity contribution < 1.29 is 17.2 Å². The minimum absolute atomic E-state index is 0.120. The van der Waals surface area contributed by atoms with Crippen LogP contribution in [-0.4, -0.2) is 15.5 Å². The van der Waals surface area contributed by atoms with E-state index in [1.54, 1.807) is 6.07 Å². The topological polar surface area (TPSA) is 46.2 Å². The van der Waals surface area contributed by atoms with Gasteiger partial charge in [-0.05, 0) is 54.4 Å². The molecule has 0 saturated heterocycles. The molecule has 0 bridgehead atoms. The predicted octanol–water partition coefficient (Wildman–Crippen LogP) is 5.28. The van der Waals surface area contributed by atoms with Crippen LogP contribution in [0.1, 0.15) is 30.5 Å². The van der Waals surface area contributed by atoms with Crippen LogP contribution in [0.15, 0.2) is 71.6 Å². The molecule has 1 atom stereocenters. The summed E-state index contributed by atoms with van der Waals surface area (Å²) in [5.74, 6) is -1.46. The van der Waals surface area contributed by atoms with Gasteiger partial charge >= 0.3 is 0 Å². The first-order valence-electron chi connectivity index (χ1n) is 9.38. The average Bonchev–Trinajstić information content (AvgIpc) is 2.69. The van der Waals surface area contributed by atoms with Crippen LogP contribution in [-0.2, 0) is 15.6 Å². The van der Waals surface area contributed by atoms with Gasteiger partial charge < -0.3 is 5.32 Å². The van der Waals surface area contributed by atoms with Crippen molar-refractivity contribution in [3.63, 3.8) is 0 Å². The summed E-state index contributed by atoms with van der Waals surface area (Å²) in [6.07, 6.45) is 0.897. The number of sulfone groups is 1. The van der Waals surface area contributed by atoms with E-state index in [-0.39, 0.29) is 22.3 Å². The predicted molar refractivity (Wildman–Crippen MR) is 111 cm³/mol. The summed E-state index contributed by atoms with van der Waals surface area (Å²) in [7, 11) is -1.68. The SMILES string of the molecule is CC[C@@H](NC)c1cccc(CS(=O)(=O)c2ccc(-c3ccc(F)cc3F)cc2)c1. The Morgan fingerprint density at radius 2 is 1.69 bits per heavy atom. The highest BCUT2D eigenvalue weighted by molar-refractivity contribution is 7.90. The second-order valence-electron chi connectivity index (χ2n) is 6.90. The molecular formula is C23H23F2NO2S. The van der Waals surface area contributed by atoms with Gasteiger partial charge in [0.1, 0.15) is 11.6 Å². The monoisotopic (exact) mass is 415 g/mol. The van der Waals surface area contributed by atoms with Crippen molar-refractivity contribution >= 4 is 9.84 Å². The highest BCUT2D eigenvalue weighted by atomic mass is 32.2. The molecule has 3 rings (SSSR count). The van der Waals surface area contributed by atoms with Crippen LogP contribution in [0.2, 0.25) is 0 Å². The lowest BCUT2D eigenvalue weighted by molar-refractivity contribution is 0.576. The molecule has 6 heteroatoms. The Bertz CT molecular complexity index is 1090. The second-order valence-corrected chi connectivity index (χ2v) is 8.89. The van der Waals surface area contributed by atoms with E-state index in [0.717, 1.165) is 18.1 Å². The summed E-state index contributed by atoms with van der Waals surface area (Å²) < 4.78 is 52.7. The van der Waals surface area contributed by atoms with Gasteiger partial charge in [-0.1, -0.05) is 43.3 Å². The quantitative estimate of drug-likeness (QED) is 0.571. The largest absolute Gasteiger partial charge is 0.313 e. The molecule has 0 unspecified atom stereocenters. The zero-order valence-corrected chi connectivity index (χ0v) is 17.1. The summed E-state index contributed by atoms with van der Waals surface area (Å²) in [4.78, 5) is 0.162. The first-order chi connectivity index (χ1) is 13.8. The van der Waals surface area contributed by atoms with Crippen LogP contribution in [0.3, 0.4) is 0 Å². The fourth-order valence-corrected chi connectivity index (χ4v) is 4.71. The van der Waals surface area contributed by atoms with Crippen molar-refractivity contribution in [3.8, 4) is 11.1 Å². The third-order valence-electron chi connectivity index (χ3n) is 4.92. The zero-order valence-electron chi connectivity index (χ0n) is 16.3. The Labute approximate surface area is 170 Å². The van der Waals surface area contributed by atoms with E-state index in [2.05, 4.69) is 12.2 Å². The number of hydrogen-bond acceptors (Lipinski definition) is 3. The minimum Gasteiger partial charge on any atom is -0.313 e. The van der Waals surface area contributed by atoms with Crippen LogP contribution in [0, 0.1) is 11.6 Å². The third kappa shape index (κ3) is 4.89. The van der Waals surface area contributed by atoms with Crippen molar-refractivity contribution in [2.45, 2.75) is 30.0 Å². The highest BCUT2D eigenvalue weighted by Gasteiger charge is 2.17. The van der Waals surface area contributed by atoms with Crippen LogP contribution >= 0.6 is 0 Å². The Morgan fingerprint density at radius 1 is 0.966 bits per heavy atom. The number of halogens is 2. The van der Waals surface area contributed by atoms with Crippen molar-refractivity contribution in [1.29, 1.82) is 0 Å². The van der Waals surface area contributed by atoms with Gasteiger partial charge in [0.05, 0.1) is 10.6 Å². The standard InChI is InChI=1S/C23H23F2NO2S/c1-3-23(26-2)18-6-4-5-16(13-18)15-29(27,28)20-10-7-17(8-11-20)21-12-9-19(24)14-22(21)25/h4-14,23,26H,3,15H2,1-2H3/t23-/m1/s1. The highest BCUT2D eigenvalue weighted by Crippen LogP contribution is 2.26. The normalized spacial score (nSPS) is 12.7. The van der Waals surface area contributed by atoms with Crippen molar-refractivity contribution in [1.82, 2.24) is 5.32 Å². The van der Waals surface area contributed by atoms with Crippen LogP contribution in [0.4, 0.5) is 8.78 Å². The van der Waals surface area contributed by atoms with E-state index in [1.165, 1.54) is 36.4 Å². The van der Waals surface area contributed by atoms with E-state index < -0.39 is 21.5 Å². The van der Waals surface area contributed by atoms with E-state index in [4.69, 9.17) is 0 Å². The van der Waals surface area contributed by atoms with Crippen LogP contribution in [0.5, 0.6) is 0 Å². The van der Waals surface area contributed by atoms with Gasteiger partial charge in [0.25, 0.3) is 0 Å². The smallest absolute Gasteiger partial charge is 0.182 e. The second kappa shape index (κ2) is 8.84. The molecular weight excluding hydrogens is 392 g/mol. The lowest BCUT2D eigenvalue weighted by Crippen LogP contribution is -2.15. The molecule has 29 heavy (non-hydrogen) atoms. The van der Waals surface area contributed by atoms with Gasteiger partial charge in [-0.25, -0.2) is 17.2 Å². The molecule has 152 valence electrons. The Balaban J connectivity index is 1.84. The van der Waals surface area contributed by atoms with Crippen molar-refractivity contribution in [3.05, 3.63) is 89.5 Å². The van der Waals surface area contributed by atoms with E-state index in [9.17, 15) is 17.2 Å². The molecule has 1 N–H and O–H groups in total. The number of rotatable bonds is 7. The molecule has 0 spiro atoms. The molecule has 0 radical (unpaired) electrons. The molecule has 0 saturated carbocycles. The van der Waals surface area contributed by atoms with E-state index >= 15 is 0 Å². The first kappa shape index (κ1) is 21.1. The van der Waals surface area contributed by atoms with Gasteiger partial charge in [0.15, 0.2) is 9.84 Å². The lowest BCUT2D eigenvalue weighted by Gasteiger charge is -2.15. The zero-order chi connectivity index (χ0) is 21.0. The fraction of sp³-hybridized carbons (Fsp3) is 0.217. The summed E-state index contributed by atoms with van der Waals surface area (Å²) in [5.41, 5.74) is 2.47. The van der Waals surface area contributed by atoms with Gasteiger partial charge in [0.2, 0.25) is 0 Å². The van der Waals surface area contributed by atoms with Crippen molar-refractivity contribution in [2.24, 2.45) is 0 Å².